The SMILES string of the molecule is C=C/C=C(\C=C)c1ccc(N(C2=CC=CCC2)c2ccc(-c3ccccc3)cc2)cc1. The number of hydrogen-bond donors (Lipinski definition) is 0. The zero-order chi connectivity index (χ0) is 21.5. The molecule has 1 nitrogen and oxygen atoms in total. The van der Waals surface area contributed by atoms with E-state index in [0.29, 0.717) is 0 Å². The first-order chi connectivity index (χ1) is 15.3. The van der Waals surface area contributed by atoms with Gasteiger partial charge in [-0.05, 0) is 65.4 Å². The van der Waals surface area contributed by atoms with Gasteiger partial charge in [0.05, 0.1) is 0 Å². The number of benzene rings is 3. The third-order valence-corrected chi connectivity index (χ3v) is 5.49. The first kappa shape index (κ1) is 20.4. The Balaban J connectivity index is 1.71. The van der Waals surface area contributed by atoms with Crippen molar-refractivity contribution >= 4 is 16.9 Å². The second-order valence-electron chi connectivity index (χ2n) is 7.48. The molecule has 1 heteroatoms. The normalized spacial score (nSPS) is 13.4. The molecule has 0 aliphatic heterocycles. The van der Waals surface area contributed by atoms with Crippen LogP contribution in [0.25, 0.3) is 16.7 Å². The molecule has 3 aromatic rings. The molecule has 4 rings (SSSR count). The summed E-state index contributed by atoms with van der Waals surface area (Å²) in [5, 5.41) is 0. The Morgan fingerprint density at radius 3 is 2.00 bits per heavy atom. The van der Waals surface area contributed by atoms with E-state index in [9.17, 15) is 0 Å². The zero-order valence-corrected chi connectivity index (χ0v) is 17.7. The van der Waals surface area contributed by atoms with Crippen LogP contribution in [0, 0.1) is 0 Å². The second-order valence-corrected chi connectivity index (χ2v) is 7.48. The van der Waals surface area contributed by atoms with Gasteiger partial charge in [0, 0.05) is 17.1 Å². The van der Waals surface area contributed by atoms with Crippen LogP contribution in [0.3, 0.4) is 0 Å². The highest BCUT2D eigenvalue weighted by molar-refractivity contribution is 5.78. The molecule has 1 aliphatic carbocycles. The zero-order valence-electron chi connectivity index (χ0n) is 17.7. The molecule has 0 bridgehead atoms. The fourth-order valence-corrected chi connectivity index (χ4v) is 3.90. The van der Waals surface area contributed by atoms with Gasteiger partial charge >= 0.3 is 0 Å². The highest BCUT2D eigenvalue weighted by atomic mass is 15.1. The number of nitrogens with zero attached hydrogens (tertiary/aromatic N) is 1. The predicted octanol–water partition coefficient (Wildman–Crippen LogP) is 8.48. The second kappa shape index (κ2) is 9.77. The van der Waals surface area contributed by atoms with E-state index in [0.717, 1.165) is 29.7 Å². The Morgan fingerprint density at radius 1 is 0.774 bits per heavy atom. The number of anilines is 2. The van der Waals surface area contributed by atoms with Gasteiger partial charge < -0.3 is 4.90 Å². The Morgan fingerprint density at radius 2 is 1.42 bits per heavy atom. The van der Waals surface area contributed by atoms with E-state index in [2.05, 4.69) is 109 Å². The maximum absolute atomic E-state index is 3.92. The summed E-state index contributed by atoms with van der Waals surface area (Å²) in [4.78, 5) is 2.35. The van der Waals surface area contributed by atoms with Crippen molar-refractivity contribution in [3.8, 4) is 11.1 Å². The molecule has 0 unspecified atom stereocenters. The highest BCUT2D eigenvalue weighted by Gasteiger charge is 2.16. The lowest BCUT2D eigenvalue weighted by atomic mass is 10.0. The maximum Gasteiger partial charge on any atom is 0.0458 e. The summed E-state index contributed by atoms with van der Waals surface area (Å²) in [5.74, 6) is 0. The van der Waals surface area contributed by atoms with Gasteiger partial charge in [0.1, 0.15) is 0 Å². The van der Waals surface area contributed by atoms with Crippen molar-refractivity contribution in [1.82, 2.24) is 0 Å². The van der Waals surface area contributed by atoms with Gasteiger partial charge in [0.2, 0.25) is 0 Å². The fourth-order valence-electron chi connectivity index (χ4n) is 3.90. The van der Waals surface area contributed by atoms with Crippen LogP contribution in [0.15, 0.2) is 134 Å². The quantitative estimate of drug-likeness (QED) is 0.359. The highest BCUT2D eigenvalue weighted by Crippen LogP contribution is 2.35. The third-order valence-electron chi connectivity index (χ3n) is 5.49. The minimum atomic E-state index is 1.02. The van der Waals surface area contributed by atoms with Crippen LogP contribution in [-0.2, 0) is 0 Å². The lowest BCUT2D eigenvalue weighted by Gasteiger charge is -2.29. The molecule has 0 spiro atoms. The summed E-state index contributed by atoms with van der Waals surface area (Å²) in [6.45, 7) is 7.73. The molecule has 0 amide bonds. The van der Waals surface area contributed by atoms with Crippen molar-refractivity contribution in [3.05, 3.63) is 140 Å². The number of hydrogen-bond acceptors (Lipinski definition) is 1. The Kier molecular flexibility index (Phi) is 6.44. The van der Waals surface area contributed by atoms with E-state index in [4.69, 9.17) is 0 Å². The molecule has 1 aliphatic rings. The van der Waals surface area contributed by atoms with Crippen LogP contribution in [0.5, 0.6) is 0 Å². The molecule has 152 valence electrons. The summed E-state index contributed by atoms with van der Waals surface area (Å²) in [6, 6.07) is 28.0. The summed E-state index contributed by atoms with van der Waals surface area (Å²) in [7, 11) is 0. The third kappa shape index (κ3) is 4.67. The molecular weight excluding hydrogens is 374 g/mol. The fraction of sp³-hybridized carbons (Fsp3) is 0.0667. The smallest absolute Gasteiger partial charge is 0.0458 e. The Labute approximate surface area is 185 Å². The lowest BCUT2D eigenvalue weighted by Crippen LogP contribution is -2.17. The molecule has 0 radical (unpaired) electrons. The van der Waals surface area contributed by atoms with Crippen molar-refractivity contribution in [2.45, 2.75) is 12.8 Å². The molecule has 31 heavy (non-hydrogen) atoms. The molecule has 0 N–H and O–H groups in total. The van der Waals surface area contributed by atoms with Crippen molar-refractivity contribution in [2.75, 3.05) is 4.90 Å². The molecule has 0 saturated heterocycles. The average Bonchev–Trinajstić information content (AvgIpc) is 2.85. The van der Waals surface area contributed by atoms with Crippen LogP contribution in [-0.4, -0.2) is 0 Å². The van der Waals surface area contributed by atoms with Crippen LogP contribution in [0.1, 0.15) is 18.4 Å². The summed E-state index contributed by atoms with van der Waals surface area (Å²) in [5.41, 5.74) is 8.28. The summed E-state index contributed by atoms with van der Waals surface area (Å²) < 4.78 is 0. The van der Waals surface area contributed by atoms with E-state index >= 15 is 0 Å². The Hall–Kier alpha value is -3.84. The van der Waals surface area contributed by atoms with E-state index in [1.165, 1.54) is 22.5 Å². The number of rotatable bonds is 7. The summed E-state index contributed by atoms with van der Waals surface area (Å²) >= 11 is 0. The van der Waals surface area contributed by atoms with Crippen molar-refractivity contribution < 1.29 is 0 Å². The van der Waals surface area contributed by atoms with Crippen LogP contribution >= 0.6 is 0 Å². The van der Waals surface area contributed by atoms with Gasteiger partial charge in [-0.2, -0.15) is 0 Å². The minimum absolute atomic E-state index is 1.02. The number of allylic oxidation sites excluding steroid dienone is 8. The monoisotopic (exact) mass is 401 g/mol. The first-order valence-corrected chi connectivity index (χ1v) is 10.7. The van der Waals surface area contributed by atoms with Gasteiger partial charge in [0.25, 0.3) is 0 Å². The molecular formula is C30H27N. The lowest BCUT2D eigenvalue weighted by molar-refractivity contribution is 0.917. The van der Waals surface area contributed by atoms with Gasteiger partial charge in [-0.15, -0.1) is 0 Å². The Bertz CT molecular complexity index is 1130. The maximum atomic E-state index is 3.92. The van der Waals surface area contributed by atoms with E-state index in [1.54, 1.807) is 6.08 Å². The minimum Gasteiger partial charge on any atom is -0.314 e. The molecule has 0 heterocycles. The topological polar surface area (TPSA) is 3.24 Å². The molecule has 3 aromatic carbocycles. The standard InChI is InChI=1S/C30H27N/c1-3-11-24(4-2)26-16-20-29(21-17-26)31(28-14-9-6-10-15-28)30-22-18-27(19-23-30)25-12-7-5-8-13-25/h3-9,11-14,16-23H,1-2,10,15H2/b24-11+. The van der Waals surface area contributed by atoms with Gasteiger partial charge in [-0.3, -0.25) is 0 Å². The molecule has 0 fully saturated rings. The van der Waals surface area contributed by atoms with Crippen molar-refractivity contribution in [1.29, 1.82) is 0 Å². The van der Waals surface area contributed by atoms with Gasteiger partial charge in [-0.1, -0.05) is 98.1 Å². The van der Waals surface area contributed by atoms with E-state index in [1.807, 2.05) is 18.2 Å². The van der Waals surface area contributed by atoms with E-state index in [-0.39, 0.29) is 0 Å². The molecule has 0 aromatic heterocycles. The average molecular weight is 402 g/mol. The van der Waals surface area contributed by atoms with Crippen LogP contribution in [0.4, 0.5) is 11.4 Å². The molecule has 0 atom stereocenters. The first-order valence-electron chi connectivity index (χ1n) is 10.7. The van der Waals surface area contributed by atoms with Gasteiger partial charge in [-0.25, -0.2) is 0 Å². The van der Waals surface area contributed by atoms with Gasteiger partial charge in [0.15, 0.2) is 0 Å². The van der Waals surface area contributed by atoms with Crippen LogP contribution in [0.2, 0.25) is 0 Å². The molecule has 0 saturated carbocycles. The summed E-state index contributed by atoms with van der Waals surface area (Å²) in [6.07, 6.45) is 14.3. The van der Waals surface area contributed by atoms with Crippen molar-refractivity contribution in [3.63, 3.8) is 0 Å². The van der Waals surface area contributed by atoms with Crippen LogP contribution < -0.4 is 4.90 Å². The predicted molar refractivity (Wildman–Crippen MR) is 135 cm³/mol. The largest absolute Gasteiger partial charge is 0.314 e. The van der Waals surface area contributed by atoms with E-state index < -0.39 is 0 Å². The van der Waals surface area contributed by atoms with Crippen molar-refractivity contribution in [2.24, 2.45) is 0 Å².